The molecule has 6 fully saturated rings. The molecule has 8 aromatic rings. The predicted molar refractivity (Wildman–Crippen MR) is 512 cm³/mol. The average Bonchev–Trinajstić information content (AvgIpc) is 0.799. The molecule has 680 valence electrons. The third-order valence-electron chi connectivity index (χ3n) is 27.4. The van der Waals surface area contributed by atoms with Crippen LogP contribution in [0.4, 0.5) is 0 Å². The van der Waals surface area contributed by atoms with Crippen molar-refractivity contribution in [2.45, 2.75) is 218 Å². The molecule has 132 heavy (non-hydrogen) atoms. The molecule has 16 heteroatoms. The monoisotopic (exact) mass is 1770 g/mol. The Balaban J connectivity index is 0.000000225. The number of benzene rings is 8. The minimum atomic E-state index is -0.907. The van der Waals surface area contributed by atoms with E-state index >= 15 is 0 Å². The van der Waals surface area contributed by atoms with Crippen LogP contribution < -0.4 is 9.47 Å². The van der Waals surface area contributed by atoms with E-state index < -0.39 is 35.1 Å². The molecule has 0 amide bonds. The molecular weight excluding hydrogens is 1650 g/mol. The SMILES string of the molecule is C#Cc1ccc(C#Cc2ccc(C#CC3(OC(=O)c4ccc5cc(OC(=O)C6CCC(C(=O)OCCCCCCOC(=O)C=C)CC6)ccc5c4)CCC(C4CCC(C)CC4)CC3)cc2)cc1.C#Cc1ccc(C#Cc2ccc(C#CC3(OC(=O)c4ccc5cc(OC(=O)C6CCC(C(=O)OCCCCOC(=O)C=C)CC6)ccc5c4)CCC(C4CCC(C)CC4)CC3)cc2)cc1. The molecule has 0 bridgehead atoms. The van der Waals surface area contributed by atoms with Crippen LogP contribution in [0, 0.1) is 131 Å². The fourth-order valence-electron chi connectivity index (χ4n) is 19.0. The first-order valence-corrected chi connectivity index (χ1v) is 47.5. The first-order valence-electron chi connectivity index (χ1n) is 47.5. The van der Waals surface area contributed by atoms with Crippen molar-refractivity contribution in [2.24, 2.45) is 59.2 Å². The second kappa shape index (κ2) is 48.1. The molecule has 0 saturated heterocycles. The van der Waals surface area contributed by atoms with Crippen LogP contribution in [-0.4, -0.2) is 85.4 Å². The molecule has 6 aliphatic carbocycles. The number of ether oxygens (including phenoxy) is 8. The number of fused-ring (bicyclic) bond motifs is 2. The molecule has 0 heterocycles. The number of terminal acetylenes is 2. The highest BCUT2D eigenvalue weighted by atomic mass is 16.6. The van der Waals surface area contributed by atoms with Gasteiger partial charge in [0.1, 0.15) is 11.5 Å². The van der Waals surface area contributed by atoms with Crippen LogP contribution in [0.2, 0.25) is 0 Å². The van der Waals surface area contributed by atoms with Crippen LogP contribution in [0.25, 0.3) is 21.5 Å². The van der Waals surface area contributed by atoms with Crippen LogP contribution >= 0.6 is 0 Å². The van der Waals surface area contributed by atoms with Gasteiger partial charge in [0.15, 0.2) is 11.2 Å². The summed E-state index contributed by atoms with van der Waals surface area (Å²) in [5.74, 6) is 32.9. The summed E-state index contributed by atoms with van der Waals surface area (Å²) >= 11 is 0. The highest BCUT2D eigenvalue weighted by molar-refractivity contribution is 5.98. The van der Waals surface area contributed by atoms with Crippen molar-refractivity contribution < 1.29 is 76.3 Å². The zero-order chi connectivity index (χ0) is 92.6. The van der Waals surface area contributed by atoms with E-state index in [1.54, 1.807) is 30.3 Å². The van der Waals surface area contributed by atoms with E-state index in [9.17, 15) is 38.4 Å². The van der Waals surface area contributed by atoms with Crippen molar-refractivity contribution in [3.8, 4) is 83.6 Å². The largest absolute Gasteiger partial charge is 0.465 e. The molecule has 14 rings (SSSR count). The summed E-state index contributed by atoms with van der Waals surface area (Å²) in [5, 5.41) is 3.30. The van der Waals surface area contributed by atoms with E-state index in [0.717, 1.165) is 153 Å². The third kappa shape index (κ3) is 28.4. The number of unbranched alkanes of at least 4 members (excludes halogenated alkanes) is 4. The summed E-state index contributed by atoms with van der Waals surface area (Å²) in [6.45, 7) is 12.7. The van der Waals surface area contributed by atoms with Gasteiger partial charge in [0.05, 0.1) is 61.2 Å². The fraction of sp³-hybridized carbons (Fsp3) is 0.414. The van der Waals surface area contributed by atoms with Gasteiger partial charge >= 0.3 is 47.8 Å². The van der Waals surface area contributed by atoms with Crippen molar-refractivity contribution in [3.63, 3.8) is 0 Å². The van der Waals surface area contributed by atoms with E-state index in [0.29, 0.717) is 138 Å². The van der Waals surface area contributed by atoms with Gasteiger partial charge < -0.3 is 37.9 Å². The van der Waals surface area contributed by atoms with E-state index in [1.165, 1.54) is 51.4 Å². The zero-order valence-electron chi connectivity index (χ0n) is 76.2. The van der Waals surface area contributed by atoms with Crippen molar-refractivity contribution >= 4 is 69.3 Å². The van der Waals surface area contributed by atoms with Crippen molar-refractivity contribution in [3.05, 3.63) is 251 Å². The van der Waals surface area contributed by atoms with Crippen molar-refractivity contribution in [1.82, 2.24) is 0 Å². The number of hydrogen-bond donors (Lipinski definition) is 0. The van der Waals surface area contributed by atoms with Gasteiger partial charge in [-0.1, -0.05) is 124 Å². The number of carbonyl (C=O) groups excluding carboxylic acids is 8. The molecule has 6 saturated carbocycles. The first-order chi connectivity index (χ1) is 64.2. The summed E-state index contributed by atoms with van der Waals surface area (Å²) in [6, 6.07) is 52.6. The minimum absolute atomic E-state index is 0.210. The highest BCUT2D eigenvalue weighted by Gasteiger charge is 2.43. The van der Waals surface area contributed by atoms with E-state index in [-0.39, 0.29) is 60.8 Å². The topological polar surface area (TPSA) is 210 Å². The lowest BCUT2D eigenvalue weighted by Gasteiger charge is -2.40. The Hall–Kier alpha value is -13.1. The van der Waals surface area contributed by atoms with Crippen molar-refractivity contribution in [2.75, 3.05) is 26.4 Å². The van der Waals surface area contributed by atoms with E-state index in [2.05, 4.69) is 86.2 Å². The van der Waals surface area contributed by atoms with Gasteiger partial charge in [0, 0.05) is 56.7 Å². The van der Waals surface area contributed by atoms with Crippen molar-refractivity contribution in [1.29, 1.82) is 0 Å². The maximum Gasteiger partial charge on any atom is 0.339 e. The molecule has 6 aliphatic rings. The smallest absolute Gasteiger partial charge is 0.339 e. The second-order valence-corrected chi connectivity index (χ2v) is 36.7. The lowest BCUT2D eigenvalue weighted by molar-refractivity contribution is -0.152. The standard InChI is InChI=1S/C59H62O8.C57H58O8/c1-4-43-12-14-44(15-13-43)16-17-45-18-20-46(21-19-45)32-35-59(36-33-48(34-37-59)47-22-10-42(3)11-23-47)67-58(63)53-29-28-52-41-54(31-30-51(52)40-53)66-57(62)50-26-24-49(25-27-50)56(61)65-39-9-7-6-8-38-64-55(60)5-2;1-4-41-10-12-42(13-11-41)14-15-43-16-18-44(19-17-43)30-33-57(34-31-46(32-35-57)45-20-8-40(3)9-21-45)65-56(61)51-27-26-50-39-52(29-28-49(50)38-51)64-55(60)48-24-22-47(23-25-48)54(59)63-37-7-6-36-62-53(58)5-2/h1,5,12-15,18-21,28-31,40-42,47-50H,2,6-11,22-27,33-34,36-39H2,3H3;1,5,10-13,16-19,26-29,38-40,45-48H,2,6-9,20-25,31-32,34-37H2,3H3. The normalized spacial score (nSPS) is 22.5. The molecule has 0 spiro atoms. The fourth-order valence-corrected chi connectivity index (χ4v) is 19.0. The molecule has 0 atom stereocenters. The quantitative estimate of drug-likeness (QED) is 0.0123. The summed E-state index contributed by atoms with van der Waals surface area (Å²) in [5.41, 5.74) is 5.89. The van der Waals surface area contributed by atoms with Gasteiger partial charge in [-0.05, 0) is 381 Å². The summed E-state index contributed by atoms with van der Waals surface area (Å²) in [4.78, 5) is 102. The Bertz CT molecular complexity index is 5740. The van der Waals surface area contributed by atoms with E-state index in [4.69, 9.17) is 50.7 Å². The van der Waals surface area contributed by atoms with Crippen LogP contribution in [0.5, 0.6) is 11.5 Å². The number of carbonyl (C=O) groups is 8. The third-order valence-corrected chi connectivity index (χ3v) is 27.4. The highest BCUT2D eigenvalue weighted by Crippen LogP contribution is 2.47. The molecular formula is C116H120O16. The Kier molecular flexibility index (Phi) is 35.2. The van der Waals surface area contributed by atoms with Gasteiger partial charge in [-0.25, -0.2) is 19.2 Å². The number of rotatable bonds is 26. The van der Waals surface area contributed by atoms with E-state index in [1.807, 2.05) is 140 Å². The molecule has 0 radical (unpaired) electrons. The maximum absolute atomic E-state index is 14.0. The molecule has 0 unspecified atom stereocenters. The molecule has 8 aromatic carbocycles. The van der Waals surface area contributed by atoms with Crippen LogP contribution in [0.3, 0.4) is 0 Å². The summed E-state index contributed by atoms with van der Waals surface area (Å²) in [7, 11) is 0. The molecule has 0 aromatic heterocycles. The van der Waals surface area contributed by atoms with Gasteiger partial charge in [-0.15, -0.1) is 12.8 Å². The van der Waals surface area contributed by atoms with Crippen LogP contribution in [0.15, 0.2) is 195 Å². The Morgan fingerprint density at radius 1 is 0.318 bits per heavy atom. The predicted octanol–water partition coefficient (Wildman–Crippen LogP) is 22.7. The maximum atomic E-state index is 14.0. The Morgan fingerprint density at radius 2 is 0.591 bits per heavy atom. The van der Waals surface area contributed by atoms with Gasteiger partial charge in [-0.2, -0.15) is 0 Å². The second-order valence-electron chi connectivity index (χ2n) is 36.7. The molecule has 16 nitrogen and oxygen atoms in total. The van der Waals surface area contributed by atoms with Gasteiger partial charge in [-0.3, -0.25) is 19.2 Å². The summed E-state index contributed by atoms with van der Waals surface area (Å²) < 4.78 is 45.5. The minimum Gasteiger partial charge on any atom is -0.465 e. The lowest BCUT2D eigenvalue weighted by Crippen LogP contribution is -2.39. The first kappa shape index (κ1) is 96.4. The summed E-state index contributed by atoms with van der Waals surface area (Å²) in [6.07, 6.45) is 39.0. The zero-order valence-corrected chi connectivity index (χ0v) is 76.2. The molecule has 0 N–H and O–H groups in total. The van der Waals surface area contributed by atoms with Gasteiger partial charge in [0.2, 0.25) is 0 Å². The number of esters is 8. The Morgan fingerprint density at radius 3 is 0.909 bits per heavy atom. The average molecular weight is 1770 g/mol. The van der Waals surface area contributed by atoms with Crippen LogP contribution in [-0.2, 0) is 57.2 Å². The number of hydrogen-bond acceptors (Lipinski definition) is 16. The molecule has 0 aliphatic heterocycles. The van der Waals surface area contributed by atoms with Gasteiger partial charge in [0.25, 0.3) is 0 Å². The lowest BCUT2D eigenvalue weighted by atomic mass is 9.68. The Labute approximate surface area is 778 Å². The van der Waals surface area contributed by atoms with Crippen LogP contribution in [0.1, 0.15) is 272 Å².